The van der Waals surface area contributed by atoms with Crippen molar-refractivity contribution in [1.29, 1.82) is 0 Å². The Labute approximate surface area is 119 Å². The summed E-state index contributed by atoms with van der Waals surface area (Å²) < 4.78 is 0. The van der Waals surface area contributed by atoms with Crippen molar-refractivity contribution in [3.8, 4) is 0 Å². The lowest BCUT2D eigenvalue weighted by atomic mass is 10.1. The number of piperidine rings is 1. The molecule has 1 aliphatic rings. The molecule has 0 atom stereocenters. The van der Waals surface area contributed by atoms with Crippen LogP contribution in [0.4, 0.5) is 0 Å². The zero-order chi connectivity index (χ0) is 13.8. The third kappa shape index (κ3) is 8.28. The van der Waals surface area contributed by atoms with E-state index in [0.717, 1.165) is 25.9 Å². The normalized spacial score (nSPS) is 16.1. The molecule has 0 spiro atoms. The van der Waals surface area contributed by atoms with E-state index in [2.05, 4.69) is 11.8 Å². The van der Waals surface area contributed by atoms with Gasteiger partial charge < -0.3 is 4.90 Å². The van der Waals surface area contributed by atoms with E-state index in [4.69, 9.17) is 0 Å². The van der Waals surface area contributed by atoms with Gasteiger partial charge in [0.1, 0.15) is 0 Å². The second-order valence-corrected chi connectivity index (χ2v) is 6.02. The molecule has 0 aromatic carbocycles. The van der Waals surface area contributed by atoms with E-state index < -0.39 is 0 Å². The second-order valence-electron chi connectivity index (χ2n) is 6.02. The van der Waals surface area contributed by atoms with Gasteiger partial charge in [-0.1, -0.05) is 64.7 Å². The summed E-state index contributed by atoms with van der Waals surface area (Å²) in [5, 5.41) is 0. The van der Waals surface area contributed by atoms with Crippen LogP contribution in [0.3, 0.4) is 0 Å². The fourth-order valence-electron chi connectivity index (χ4n) is 2.89. The average molecular weight is 267 g/mol. The minimum absolute atomic E-state index is 0.391. The molecule has 0 N–H and O–H groups in total. The van der Waals surface area contributed by atoms with Crippen LogP contribution in [0.25, 0.3) is 0 Å². The maximum Gasteiger partial charge on any atom is 0.222 e. The number of hydrogen-bond donors (Lipinski definition) is 0. The van der Waals surface area contributed by atoms with Crippen LogP contribution >= 0.6 is 0 Å². The summed E-state index contributed by atoms with van der Waals surface area (Å²) in [5.41, 5.74) is 0. The van der Waals surface area contributed by atoms with Crippen molar-refractivity contribution >= 4 is 5.91 Å². The van der Waals surface area contributed by atoms with Crippen molar-refractivity contribution in [3.05, 3.63) is 0 Å². The van der Waals surface area contributed by atoms with E-state index in [-0.39, 0.29) is 0 Å². The van der Waals surface area contributed by atoms with Crippen LogP contribution < -0.4 is 0 Å². The number of nitrogens with zero attached hydrogens (tertiary/aromatic N) is 1. The van der Waals surface area contributed by atoms with E-state index in [0.29, 0.717) is 5.91 Å². The highest BCUT2D eigenvalue weighted by atomic mass is 16.2. The van der Waals surface area contributed by atoms with Gasteiger partial charge in [-0.3, -0.25) is 4.79 Å². The first-order valence-electron chi connectivity index (χ1n) is 8.62. The summed E-state index contributed by atoms with van der Waals surface area (Å²) in [6.07, 6.45) is 16.8. The maximum absolute atomic E-state index is 11.6. The van der Waals surface area contributed by atoms with Crippen LogP contribution in [-0.4, -0.2) is 23.9 Å². The molecule has 0 bridgehead atoms. The average Bonchev–Trinajstić information content (AvgIpc) is 2.43. The zero-order valence-corrected chi connectivity index (χ0v) is 13.0. The molecule has 0 aromatic rings. The van der Waals surface area contributed by atoms with Crippen molar-refractivity contribution in [1.82, 2.24) is 4.90 Å². The monoisotopic (exact) mass is 267 g/mol. The van der Waals surface area contributed by atoms with E-state index in [1.165, 1.54) is 70.6 Å². The van der Waals surface area contributed by atoms with E-state index in [1.54, 1.807) is 0 Å². The predicted molar refractivity (Wildman–Crippen MR) is 82.3 cm³/mol. The zero-order valence-electron chi connectivity index (χ0n) is 13.0. The third-order valence-electron chi connectivity index (χ3n) is 4.20. The topological polar surface area (TPSA) is 20.3 Å². The number of carbonyl (C=O) groups excluding carboxylic acids is 1. The molecule has 1 rings (SSSR count). The smallest absolute Gasteiger partial charge is 0.222 e. The van der Waals surface area contributed by atoms with Gasteiger partial charge in [-0.2, -0.15) is 0 Å². The Morgan fingerprint density at radius 3 is 2.00 bits per heavy atom. The van der Waals surface area contributed by atoms with Gasteiger partial charge >= 0.3 is 0 Å². The second kappa shape index (κ2) is 11.3. The first-order valence-corrected chi connectivity index (χ1v) is 8.62. The van der Waals surface area contributed by atoms with Crippen molar-refractivity contribution in [3.63, 3.8) is 0 Å². The van der Waals surface area contributed by atoms with Crippen molar-refractivity contribution in [2.75, 3.05) is 13.1 Å². The van der Waals surface area contributed by atoms with Crippen LogP contribution in [-0.2, 0) is 4.79 Å². The Hall–Kier alpha value is -0.530. The summed E-state index contributed by atoms with van der Waals surface area (Å²) in [6, 6.07) is 0. The Bertz CT molecular complexity index is 227. The summed E-state index contributed by atoms with van der Waals surface area (Å²) in [4.78, 5) is 13.7. The highest BCUT2D eigenvalue weighted by molar-refractivity contribution is 5.76. The largest absolute Gasteiger partial charge is 0.343 e. The standard InChI is InChI=1S/C17H33NO/c1-2-3-4-5-6-7-8-9-10-12-15-18-16-13-11-14-17(18)19/h2-16H2,1H3. The Morgan fingerprint density at radius 1 is 0.842 bits per heavy atom. The number of hydrogen-bond acceptors (Lipinski definition) is 1. The summed E-state index contributed by atoms with van der Waals surface area (Å²) in [6.45, 7) is 4.29. The van der Waals surface area contributed by atoms with Crippen LogP contribution in [0, 0.1) is 0 Å². The SMILES string of the molecule is CCCCCCCCCCCCN1CCCCC1=O. The molecule has 1 fully saturated rings. The fourth-order valence-corrected chi connectivity index (χ4v) is 2.89. The molecule has 0 aliphatic carbocycles. The van der Waals surface area contributed by atoms with Crippen LogP contribution in [0.1, 0.15) is 90.4 Å². The van der Waals surface area contributed by atoms with Gasteiger partial charge in [0.25, 0.3) is 0 Å². The van der Waals surface area contributed by atoms with E-state index in [1.807, 2.05) is 0 Å². The van der Waals surface area contributed by atoms with Crippen molar-refractivity contribution < 1.29 is 4.79 Å². The molecular weight excluding hydrogens is 234 g/mol. The van der Waals surface area contributed by atoms with Gasteiger partial charge in [-0.05, 0) is 19.3 Å². The number of carbonyl (C=O) groups is 1. The summed E-state index contributed by atoms with van der Waals surface area (Å²) in [7, 11) is 0. The number of rotatable bonds is 11. The van der Waals surface area contributed by atoms with Crippen molar-refractivity contribution in [2.45, 2.75) is 90.4 Å². The first-order chi connectivity index (χ1) is 9.34. The van der Waals surface area contributed by atoms with Gasteiger partial charge in [0.2, 0.25) is 5.91 Å². The number of amides is 1. The summed E-state index contributed by atoms with van der Waals surface area (Å²) >= 11 is 0. The Kier molecular flexibility index (Phi) is 9.84. The number of unbranched alkanes of at least 4 members (excludes halogenated alkanes) is 9. The molecule has 0 aromatic heterocycles. The van der Waals surface area contributed by atoms with E-state index >= 15 is 0 Å². The molecule has 1 heterocycles. The van der Waals surface area contributed by atoms with Gasteiger partial charge in [0.15, 0.2) is 0 Å². The summed E-state index contributed by atoms with van der Waals surface area (Å²) in [5.74, 6) is 0.391. The molecule has 0 radical (unpaired) electrons. The Balaban J connectivity index is 1.82. The van der Waals surface area contributed by atoms with E-state index in [9.17, 15) is 4.79 Å². The molecule has 2 nitrogen and oxygen atoms in total. The minimum Gasteiger partial charge on any atom is -0.343 e. The molecule has 0 unspecified atom stereocenters. The minimum atomic E-state index is 0.391. The van der Waals surface area contributed by atoms with Gasteiger partial charge in [-0.15, -0.1) is 0 Å². The van der Waals surface area contributed by atoms with Crippen LogP contribution in [0.5, 0.6) is 0 Å². The highest BCUT2D eigenvalue weighted by Crippen LogP contribution is 2.13. The van der Waals surface area contributed by atoms with Crippen LogP contribution in [0.15, 0.2) is 0 Å². The van der Waals surface area contributed by atoms with Crippen LogP contribution in [0.2, 0.25) is 0 Å². The lowest BCUT2D eigenvalue weighted by molar-refractivity contribution is -0.133. The van der Waals surface area contributed by atoms with Crippen molar-refractivity contribution in [2.24, 2.45) is 0 Å². The maximum atomic E-state index is 11.6. The lowest BCUT2D eigenvalue weighted by Crippen LogP contribution is -2.35. The molecule has 1 saturated heterocycles. The van der Waals surface area contributed by atoms with Gasteiger partial charge in [-0.25, -0.2) is 0 Å². The quantitative estimate of drug-likeness (QED) is 0.487. The molecular formula is C17H33NO. The number of likely N-dealkylation sites (tertiary alicyclic amines) is 1. The Morgan fingerprint density at radius 2 is 1.42 bits per heavy atom. The molecule has 1 aliphatic heterocycles. The molecule has 1 amide bonds. The highest BCUT2D eigenvalue weighted by Gasteiger charge is 2.16. The fraction of sp³-hybridized carbons (Fsp3) is 0.941. The first kappa shape index (κ1) is 16.5. The molecule has 19 heavy (non-hydrogen) atoms. The molecule has 112 valence electrons. The molecule has 2 heteroatoms. The molecule has 0 saturated carbocycles. The third-order valence-corrected chi connectivity index (χ3v) is 4.20. The predicted octanol–water partition coefficient (Wildman–Crippen LogP) is 4.92. The lowest BCUT2D eigenvalue weighted by Gasteiger charge is -2.26. The van der Waals surface area contributed by atoms with Gasteiger partial charge in [0, 0.05) is 19.5 Å². The van der Waals surface area contributed by atoms with Gasteiger partial charge in [0.05, 0.1) is 0 Å².